The summed E-state index contributed by atoms with van der Waals surface area (Å²) < 4.78 is 2.07. The first-order chi connectivity index (χ1) is 25.2. The highest BCUT2D eigenvalue weighted by atomic mass is 15.0. The van der Waals surface area contributed by atoms with Crippen molar-refractivity contribution in [1.29, 1.82) is 15.8 Å². The van der Waals surface area contributed by atoms with Gasteiger partial charge in [-0.05, 0) is 110 Å². The summed E-state index contributed by atoms with van der Waals surface area (Å²) in [4.78, 5) is 0. The lowest BCUT2D eigenvalue weighted by Gasteiger charge is -2.18. The molecule has 0 fully saturated rings. The summed E-state index contributed by atoms with van der Waals surface area (Å²) in [6.45, 7) is 0. The van der Waals surface area contributed by atoms with Crippen molar-refractivity contribution in [3.05, 3.63) is 174 Å². The molecule has 0 bridgehead atoms. The SMILES string of the molecule is N#Cc1ccc2c(c1)c1cc(C#N)ccc1n2-c1cc(-c2cccc(-c3c4ccccc4c(-c4ccccc4)c4ccccc34)c2)ccc1C#N. The summed E-state index contributed by atoms with van der Waals surface area (Å²) in [5.41, 5.74) is 10.7. The molecule has 1 heterocycles. The van der Waals surface area contributed by atoms with Crippen molar-refractivity contribution in [3.8, 4) is 57.3 Å². The summed E-state index contributed by atoms with van der Waals surface area (Å²) in [6, 6.07) is 60.5. The van der Waals surface area contributed by atoms with Gasteiger partial charge in [0, 0.05) is 10.8 Å². The first-order valence-electron chi connectivity index (χ1n) is 16.7. The van der Waals surface area contributed by atoms with Crippen LogP contribution in [0.2, 0.25) is 0 Å². The van der Waals surface area contributed by atoms with Crippen LogP contribution < -0.4 is 0 Å². The van der Waals surface area contributed by atoms with Crippen LogP contribution in [0.3, 0.4) is 0 Å². The Bertz CT molecular complexity index is 2870. The van der Waals surface area contributed by atoms with Crippen molar-refractivity contribution < 1.29 is 0 Å². The van der Waals surface area contributed by atoms with Gasteiger partial charge in [0.1, 0.15) is 6.07 Å². The average Bonchev–Trinajstić information content (AvgIpc) is 3.52. The van der Waals surface area contributed by atoms with Gasteiger partial charge in [-0.1, -0.05) is 103 Å². The highest BCUT2D eigenvalue weighted by Gasteiger charge is 2.19. The molecule has 0 aliphatic heterocycles. The van der Waals surface area contributed by atoms with Crippen LogP contribution in [0.25, 0.3) is 82.4 Å². The van der Waals surface area contributed by atoms with E-state index in [1.54, 1.807) is 12.1 Å². The molecule has 8 aromatic carbocycles. The van der Waals surface area contributed by atoms with E-state index in [0.717, 1.165) is 44.2 Å². The number of rotatable bonds is 4. The van der Waals surface area contributed by atoms with Gasteiger partial charge in [0.15, 0.2) is 0 Å². The first-order valence-corrected chi connectivity index (χ1v) is 16.7. The van der Waals surface area contributed by atoms with Crippen LogP contribution in [0.4, 0.5) is 0 Å². The van der Waals surface area contributed by atoms with Crippen molar-refractivity contribution in [1.82, 2.24) is 4.57 Å². The topological polar surface area (TPSA) is 76.3 Å². The number of fused-ring (bicyclic) bond motifs is 5. The second-order valence-electron chi connectivity index (χ2n) is 12.7. The van der Waals surface area contributed by atoms with Crippen molar-refractivity contribution in [2.75, 3.05) is 0 Å². The predicted molar refractivity (Wildman–Crippen MR) is 206 cm³/mol. The van der Waals surface area contributed by atoms with Gasteiger partial charge in [-0.2, -0.15) is 15.8 Å². The summed E-state index contributed by atoms with van der Waals surface area (Å²) in [5.74, 6) is 0. The Morgan fingerprint density at radius 2 is 0.843 bits per heavy atom. The second kappa shape index (κ2) is 11.9. The Balaban J connectivity index is 1.27. The van der Waals surface area contributed by atoms with Gasteiger partial charge in [0.25, 0.3) is 0 Å². The third kappa shape index (κ3) is 4.74. The minimum absolute atomic E-state index is 0.524. The molecule has 4 heteroatoms. The van der Waals surface area contributed by atoms with E-state index in [4.69, 9.17) is 0 Å². The van der Waals surface area contributed by atoms with E-state index in [1.807, 2.05) is 36.4 Å². The maximum absolute atomic E-state index is 10.3. The smallest absolute Gasteiger partial charge is 0.101 e. The molecule has 9 rings (SSSR count). The standard InChI is InChI=1S/C47H26N4/c48-27-30-17-21-43-41(23-30)42-24-31(28-49)18-22-44(42)51(43)45-26-34(19-20-36(45)29-50)33-11-8-12-35(25-33)47-39-15-6-4-13-37(39)46(32-9-2-1-3-10-32)38-14-5-7-16-40(38)47/h1-26H. The molecule has 0 saturated heterocycles. The molecule has 9 aromatic rings. The van der Waals surface area contributed by atoms with Crippen LogP contribution in [0.1, 0.15) is 16.7 Å². The predicted octanol–water partition coefficient (Wildman–Crippen LogP) is 11.7. The molecule has 0 N–H and O–H groups in total. The Morgan fingerprint density at radius 1 is 0.353 bits per heavy atom. The van der Waals surface area contributed by atoms with Gasteiger partial charge >= 0.3 is 0 Å². The van der Waals surface area contributed by atoms with E-state index < -0.39 is 0 Å². The van der Waals surface area contributed by atoms with Crippen molar-refractivity contribution in [2.24, 2.45) is 0 Å². The Kier molecular flexibility index (Phi) is 6.93. The van der Waals surface area contributed by atoms with E-state index >= 15 is 0 Å². The lowest BCUT2D eigenvalue weighted by Crippen LogP contribution is -1.98. The van der Waals surface area contributed by atoms with E-state index in [1.165, 1.54) is 38.2 Å². The van der Waals surface area contributed by atoms with Gasteiger partial charge < -0.3 is 4.57 Å². The molecule has 0 aliphatic carbocycles. The third-order valence-corrected chi connectivity index (χ3v) is 9.86. The van der Waals surface area contributed by atoms with Crippen molar-refractivity contribution >= 4 is 43.4 Å². The van der Waals surface area contributed by atoms with Crippen LogP contribution in [-0.4, -0.2) is 4.57 Å². The lowest BCUT2D eigenvalue weighted by atomic mass is 9.85. The lowest BCUT2D eigenvalue weighted by molar-refractivity contribution is 1.17. The maximum atomic E-state index is 10.3. The van der Waals surface area contributed by atoms with Crippen LogP contribution in [-0.2, 0) is 0 Å². The summed E-state index contributed by atoms with van der Waals surface area (Å²) >= 11 is 0. The minimum Gasteiger partial charge on any atom is -0.308 e. The molecule has 0 aliphatic rings. The fraction of sp³-hybridized carbons (Fsp3) is 0. The zero-order valence-corrected chi connectivity index (χ0v) is 27.3. The Morgan fingerprint density at radius 3 is 1.39 bits per heavy atom. The summed E-state index contributed by atoms with van der Waals surface area (Å²) in [5, 5.41) is 36.2. The molecule has 1 aromatic heterocycles. The van der Waals surface area contributed by atoms with E-state index in [9.17, 15) is 15.8 Å². The molecular weight excluding hydrogens is 621 g/mol. The van der Waals surface area contributed by atoms with Crippen molar-refractivity contribution in [3.63, 3.8) is 0 Å². The fourth-order valence-electron chi connectivity index (χ4n) is 7.62. The van der Waals surface area contributed by atoms with E-state index in [0.29, 0.717) is 16.7 Å². The monoisotopic (exact) mass is 646 g/mol. The van der Waals surface area contributed by atoms with Crippen LogP contribution in [0.15, 0.2) is 158 Å². The van der Waals surface area contributed by atoms with Crippen LogP contribution >= 0.6 is 0 Å². The highest BCUT2D eigenvalue weighted by molar-refractivity contribution is 6.21. The molecule has 0 spiro atoms. The molecule has 234 valence electrons. The maximum Gasteiger partial charge on any atom is 0.101 e. The number of hydrogen-bond acceptors (Lipinski definition) is 3. The van der Waals surface area contributed by atoms with Crippen molar-refractivity contribution in [2.45, 2.75) is 0 Å². The van der Waals surface area contributed by atoms with E-state index in [-0.39, 0.29) is 0 Å². The molecule has 0 saturated carbocycles. The average molecular weight is 647 g/mol. The first kappa shape index (κ1) is 29.7. The van der Waals surface area contributed by atoms with Gasteiger partial charge in [-0.15, -0.1) is 0 Å². The molecular formula is C47H26N4. The number of nitrogens with zero attached hydrogens (tertiary/aromatic N) is 4. The summed E-state index contributed by atoms with van der Waals surface area (Å²) in [7, 11) is 0. The van der Waals surface area contributed by atoms with E-state index in [2.05, 4.69) is 132 Å². The number of hydrogen-bond donors (Lipinski definition) is 0. The number of nitriles is 3. The minimum atomic E-state index is 0.524. The van der Waals surface area contributed by atoms with Gasteiger partial charge in [0.05, 0.1) is 45.5 Å². The fourth-order valence-corrected chi connectivity index (χ4v) is 7.62. The molecule has 0 atom stereocenters. The Labute approximate surface area is 294 Å². The van der Waals surface area contributed by atoms with Crippen LogP contribution in [0.5, 0.6) is 0 Å². The molecule has 51 heavy (non-hydrogen) atoms. The quantitative estimate of drug-likeness (QED) is 0.179. The van der Waals surface area contributed by atoms with Gasteiger partial charge in [-0.25, -0.2) is 0 Å². The molecule has 4 nitrogen and oxygen atoms in total. The summed E-state index contributed by atoms with van der Waals surface area (Å²) in [6.07, 6.45) is 0. The third-order valence-electron chi connectivity index (χ3n) is 9.86. The molecule has 0 unspecified atom stereocenters. The largest absolute Gasteiger partial charge is 0.308 e. The van der Waals surface area contributed by atoms with Gasteiger partial charge in [-0.3, -0.25) is 0 Å². The zero-order chi connectivity index (χ0) is 34.5. The number of benzene rings is 8. The van der Waals surface area contributed by atoms with Gasteiger partial charge in [0.2, 0.25) is 0 Å². The molecule has 0 radical (unpaired) electrons. The van der Waals surface area contributed by atoms with Crippen LogP contribution in [0, 0.1) is 34.0 Å². The molecule has 0 amide bonds. The second-order valence-corrected chi connectivity index (χ2v) is 12.7. The Hall–Kier alpha value is -7.45. The highest BCUT2D eigenvalue weighted by Crippen LogP contribution is 2.44. The normalized spacial score (nSPS) is 11.1. The number of aromatic nitrogens is 1. The zero-order valence-electron chi connectivity index (χ0n) is 27.3.